The topological polar surface area (TPSA) is 63.2 Å². The molecule has 5 heteroatoms. The van der Waals surface area contributed by atoms with E-state index in [-0.39, 0.29) is 25.6 Å². The van der Waals surface area contributed by atoms with Crippen molar-refractivity contribution in [1.29, 1.82) is 0 Å². The maximum absolute atomic E-state index is 10.3. The quantitative estimate of drug-likeness (QED) is 0.451. The monoisotopic (exact) mass is 290 g/mol. The number of unbranched alkanes of at least 4 members (excludes halogenated alkanes) is 2. The molecule has 0 N–H and O–H groups in total. The second-order valence-electron chi connectivity index (χ2n) is 3.63. The van der Waals surface area contributed by atoms with Gasteiger partial charge in [-0.25, -0.2) is 0 Å². The van der Waals surface area contributed by atoms with E-state index in [1.54, 1.807) is 0 Å². The number of hydrogen-bond acceptors (Lipinski definition) is 3. The van der Waals surface area contributed by atoms with Gasteiger partial charge in [-0.1, -0.05) is 44.3 Å². The first-order valence-electron chi connectivity index (χ1n) is 5.13. The molecule has 84 valence electrons. The van der Waals surface area contributed by atoms with Crippen LogP contribution in [0.2, 0.25) is 0 Å². The molecule has 0 aromatic heterocycles. The second kappa shape index (κ2) is 8.14. The fourth-order valence-corrected chi connectivity index (χ4v) is 2.07. The summed E-state index contributed by atoms with van der Waals surface area (Å²) in [5, 5.41) is 0. The third-order valence-corrected chi connectivity index (χ3v) is 3.10. The Hall–Kier alpha value is -0.00662. The van der Waals surface area contributed by atoms with Gasteiger partial charge in [-0.05, 0) is 31.0 Å². The van der Waals surface area contributed by atoms with E-state index in [2.05, 4.69) is 0 Å². The minimum atomic E-state index is -4.28. The van der Waals surface area contributed by atoms with E-state index in [0.717, 1.165) is 19.3 Å². The molecule has 1 aromatic rings. The molecule has 0 unspecified atom stereocenters. The summed E-state index contributed by atoms with van der Waals surface area (Å²) in [4.78, 5) is 20.7. The molecule has 0 aliphatic rings. The van der Waals surface area contributed by atoms with Crippen molar-refractivity contribution in [2.75, 3.05) is 6.16 Å². The summed E-state index contributed by atoms with van der Waals surface area (Å²) in [6.45, 7) is 0. The predicted octanol–water partition coefficient (Wildman–Crippen LogP) is 1.31. The van der Waals surface area contributed by atoms with Crippen molar-refractivity contribution in [3.63, 3.8) is 0 Å². The van der Waals surface area contributed by atoms with Gasteiger partial charge in [0, 0.05) is 0 Å². The molecule has 0 spiro atoms. The minimum absolute atomic E-state index is 0. The van der Waals surface area contributed by atoms with Crippen molar-refractivity contribution < 1.29 is 33.8 Å². The standard InChI is InChI=1S/C11H17O3P.Zn/c12-15(13,14)10-6-2-5-9-11-7-3-1-4-8-11;/h1,3-4,7-8H,2,5-6,9-10H2,(H2,12,13,14);/q;+2/p-2. The van der Waals surface area contributed by atoms with Gasteiger partial charge in [0.2, 0.25) is 0 Å². The molecule has 1 aromatic carbocycles. The van der Waals surface area contributed by atoms with Gasteiger partial charge in [0.1, 0.15) is 0 Å². The predicted molar refractivity (Wildman–Crippen MR) is 56.5 cm³/mol. The van der Waals surface area contributed by atoms with E-state index in [1.807, 2.05) is 30.3 Å². The van der Waals surface area contributed by atoms with Gasteiger partial charge in [-0.15, -0.1) is 0 Å². The molecule has 0 aliphatic heterocycles. The van der Waals surface area contributed by atoms with Gasteiger partial charge in [-0.2, -0.15) is 0 Å². The van der Waals surface area contributed by atoms with Crippen LogP contribution in [0.4, 0.5) is 0 Å². The van der Waals surface area contributed by atoms with Crippen molar-refractivity contribution in [3.05, 3.63) is 35.9 Å². The van der Waals surface area contributed by atoms with E-state index in [0.29, 0.717) is 6.42 Å². The zero-order valence-corrected chi connectivity index (χ0v) is 13.2. The first-order valence-corrected chi connectivity index (χ1v) is 6.86. The molecule has 0 radical (unpaired) electrons. The fourth-order valence-electron chi connectivity index (χ4n) is 1.46. The third-order valence-electron chi connectivity index (χ3n) is 2.24. The van der Waals surface area contributed by atoms with Gasteiger partial charge in [0.05, 0.1) is 0 Å². The normalized spacial score (nSPS) is 10.9. The van der Waals surface area contributed by atoms with E-state index in [4.69, 9.17) is 0 Å². The van der Waals surface area contributed by atoms with Crippen LogP contribution in [0.1, 0.15) is 24.8 Å². The summed E-state index contributed by atoms with van der Waals surface area (Å²) < 4.78 is 10.3. The average molecular weight is 292 g/mol. The molecule has 0 heterocycles. The molecule has 0 amide bonds. The maximum Gasteiger partial charge on any atom is 2.00 e. The van der Waals surface area contributed by atoms with Gasteiger partial charge in [-0.3, -0.25) is 0 Å². The largest absolute Gasteiger partial charge is 2.00 e. The Morgan fingerprint density at radius 3 is 2.19 bits per heavy atom. The van der Waals surface area contributed by atoms with Gasteiger partial charge >= 0.3 is 19.5 Å². The maximum atomic E-state index is 10.3. The third kappa shape index (κ3) is 8.18. The Morgan fingerprint density at radius 2 is 1.62 bits per heavy atom. The number of benzene rings is 1. The SMILES string of the molecule is O=P([O-])([O-])CCCCCc1ccccc1.[Zn+2]. The number of aryl methyl sites for hydroxylation is 1. The average Bonchev–Trinajstić information content (AvgIpc) is 2.17. The molecule has 16 heavy (non-hydrogen) atoms. The Kier molecular flexibility index (Phi) is 8.14. The van der Waals surface area contributed by atoms with Crippen molar-refractivity contribution in [2.45, 2.75) is 25.7 Å². The molecule has 0 atom stereocenters. The van der Waals surface area contributed by atoms with Gasteiger partial charge in [0.15, 0.2) is 0 Å². The van der Waals surface area contributed by atoms with Crippen LogP contribution < -0.4 is 9.79 Å². The molecule has 3 nitrogen and oxygen atoms in total. The zero-order chi connectivity index (χ0) is 11.1. The van der Waals surface area contributed by atoms with Crippen LogP contribution in [-0.4, -0.2) is 6.16 Å². The molecule has 0 saturated heterocycles. The molecule has 1 rings (SSSR count). The fraction of sp³-hybridized carbons (Fsp3) is 0.455. The Morgan fingerprint density at radius 1 is 1.00 bits per heavy atom. The number of hydrogen-bond donors (Lipinski definition) is 0. The van der Waals surface area contributed by atoms with E-state index < -0.39 is 7.60 Å². The molecule has 0 bridgehead atoms. The van der Waals surface area contributed by atoms with Crippen LogP contribution in [0.25, 0.3) is 0 Å². The summed E-state index contributed by atoms with van der Waals surface area (Å²) in [5.74, 6) is 0. The van der Waals surface area contributed by atoms with Crippen molar-refractivity contribution in [1.82, 2.24) is 0 Å². The van der Waals surface area contributed by atoms with Crippen LogP contribution in [0.3, 0.4) is 0 Å². The van der Waals surface area contributed by atoms with Crippen LogP contribution in [0.15, 0.2) is 30.3 Å². The summed E-state index contributed by atoms with van der Waals surface area (Å²) >= 11 is 0. The Labute approximate surface area is 109 Å². The van der Waals surface area contributed by atoms with E-state index in [9.17, 15) is 14.4 Å². The smallest absolute Gasteiger partial charge is 0.811 e. The van der Waals surface area contributed by atoms with Crippen LogP contribution in [0, 0.1) is 0 Å². The summed E-state index contributed by atoms with van der Waals surface area (Å²) in [6, 6.07) is 10.0. The summed E-state index contributed by atoms with van der Waals surface area (Å²) in [6.07, 6.45) is 2.95. The first kappa shape index (κ1) is 16.0. The molecular formula is C11H15O3PZn. The van der Waals surface area contributed by atoms with Crippen LogP contribution >= 0.6 is 7.60 Å². The van der Waals surface area contributed by atoms with Gasteiger partial charge in [0.25, 0.3) is 0 Å². The van der Waals surface area contributed by atoms with E-state index in [1.165, 1.54) is 5.56 Å². The first-order chi connectivity index (χ1) is 7.08. The summed E-state index contributed by atoms with van der Waals surface area (Å²) in [7, 11) is -4.28. The van der Waals surface area contributed by atoms with Crippen molar-refractivity contribution in [3.8, 4) is 0 Å². The Bertz CT molecular complexity index is 323. The second-order valence-corrected chi connectivity index (χ2v) is 5.30. The van der Waals surface area contributed by atoms with Crippen LogP contribution in [0.5, 0.6) is 0 Å². The molecule has 0 fully saturated rings. The Balaban J connectivity index is 0.00000225. The van der Waals surface area contributed by atoms with Crippen LogP contribution in [-0.2, 0) is 30.5 Å². The molecule has 0 aliphatic carbocycles. The van der Waals surface area contributed by atoms with Gasteiger partial charge < -0.3 is 14.4 Å². The molecular weight excluding hydrogens is 276 g/mol. The number of rotatable bonds is 6. The van der Waals surface area contributed by atoms with Crippen molar-refractivity contribution >= 4 is 7.60 Å². The summed E-state index contributed by atoms with van der Waals surface area (Å²) in [5.41, 5.74) is 1.25. The zero-order valence-electron chi connectivity index (χ0n) is 9.30. The van der Waals surface area contributed by atoms with E-state index >= 15 is 0 Å². The van der Waals surface area contributed by atoms with Crippen molar-refractivity contribution in [2.24, 2.45) is 0 Å². The molecule has 0 saturated carbocycles. The minimum Gasteiger partial charge on any atom is -0.811 e.